The average Bonchev–Trinajstić information content (AvgIpc) is 2.75. The van der Waals surface area contributed by atoms with Crippen LogP contribution in [0, 0.1) is 0 Å². The standard InChI is InChI=1S/C28H31NO3/c1-5-7-22-13-20(9-11-26(22)30)15-24-17-29(19(3)4)18-25(28(24)32)16-21-10-12-27(31)23(14-21)8-6-2/h5-6,9-16,19,30-31H,1-2,7-8,17-18H2,3-4H3/b24-15+,25-16+. The quantitative estimate of drug-likeness (QED) is 0.462. The number of rotatable bonds is 7. The Labute approximate surface area is 190 Å². The smallest absolute Gasteiger partial charge is 0.187 e. The highest BCUT2D eigenvalue weighted by Gasteiger charge is 2.27. The summed E-state index contributed by atoms with van der Waals surface area (Å²) in [6.07, 6.45) is 8.45. The molecule has 0 saturated carbocycles. The van der Waals surface area contributed by atoms with Gasteiger partial charge in [-0.25, -0.2) is 0 Å². The van der Waals surface area contributed by atoms with Crippen LogP contribution in [0.5, 0.6) is 11.5 Å². The van der Waals surface area contributed by atoms with Crippen LogP contribution in [0.15, 0.2) is 72.9 Å². The number of hydrogen-bond donors (Lipinski definition) is 2. The Morgan fingerprint density at radius 1 is 0.875 bits per heavy atom. The third-order valence-electron chi connectivity index (χ3n) is 5.68. The van der Waals surface area contributed by atoms with Gasteiger partial charge in [0.15, 0.2) is 5.78 Å². The Morgan fingerprint density at radius 3 is 1.69 bits per heavy atom. The van der Waals surface area contributed by atoms with E-state index in [-0.39, 0.29) is 23.3 Å². The number of phenols is 2. The van der Waals surface area contributed by atoms with Crippen molar-refractivity contribution in [1.82, 2.24) is 4.90 Å². The number of carbonyl (C=O) groups is 1. The van der Waals surface area contributed by atoms with E-state index >= 15 is 0 Å². The predicted octanol–water partition coefficient (Wildman–Crippen LogP) is 5.31. The lowest BCUT2D eigenvalue weighted by Gasteiger charge is -2.32. The van der Waals surface area contributed by atoms with Gasteiger partial charge in [0.05, 0.1) is 0 Å². The van der Waals surface area contributed by atoms with Crippen molar-refractivity contribution in [2.75, 3.05) is 13.1 Å². The lowest BCUT2D eigenvalue weighted by Crippen LogP contribution is -2.41. The van der Waals surface area contributed by atoms with E-state index in [4.69, 9.17) is 0 Å². The molecule has 0 aromatic heterocycles. The van der Waals surface area contributed by atoms with Gasteiger partial charge in [0.25, 0.3) is 0 Å². The molecule has 2 aromatic rings. The Bertz CT molecular complexity index is 1010. The summed E-state index contributed by atoms with van der Waals surface area (Å²) in [5, 5.41) is 20.1. The van der Waals surface area contributed by atoms with Crippen molar-refractivity contribution >= 4 is 17.9 Å². The number of phenolic OH excluding ortho intramolecular Hbond substituents is 2. The molecule has 1 heterocycles. The number of allylic oxidation sites excluding steroid dienone is 2. The molecule has 1 aliphatic rings. The Kier molecular flexibility index (Phi) is 7.49. The molecule has 4 heteroatoms. The van der Waals surface area contributed by atoms with Crippen LogP contribution in [0.4, 0.5) is 0 Å². The summed E-state index contributed by atoms with van der Waals surface area (Å²) < 4.78 is 0. The van der Waals surface area contributed by atoms with E-state index in [1.54, 1.807) is 24.3 Å². The summed E-state index contributed by atoms with van der Waals surface area (Å²) in [6.45, 7) is 12.9. The number of carbonyl (C=O) groups excluding carboxylic acids is 1. The van der Waals surface area contributed by atoms with Gasteiger partial charge < -0.3 is 10.2 Å². The molecule has 3 rings (SSSR count). The number of hydrogen-bond acceptors (Lipinski definition) is 4. The van der Waals surface area contributed by atoms with Crippen molar-refractivity contribution in [3.8, 4) is 11.5 Å². The van der Waals surface area contributed by atoms with E-state index in [1.165, 1.54) is 0 Å². The van der Waals surface area contributed by atoms with Crippen molar-refractivity contribution in [1.29, 1.82) is 0 Å². The highest BCUT2D eigenvalue weighted by Crippen LogP contribution is 2.27. The molecule has 166 valence electrons. The average molecular weight is 430 g/mol. The highest BCUT2D eigenvalue weighted by molar-refractivity contribution is 6.14. The second-order valence-electron chi connectivity index (χ2n) is 8.43. The van der Waals surface area contributed by atoms with Crippen LogP contribution in [-0.2, 0) is 17.6 Å². The van der Waals surface area contributed by atoms with Crippen molar-refractivity contribution in [2.24, 2.45) is 0 Å². The number of likely N-dealkylation sites (tertiary alicyclic amines) is 1. The molecule has 0 bridgehead atoms. The van der Waals surface area contributed by atoms with E-state index in [0.717, 1.165) is 33.4 Å². The molecule has 1 saturated heterocycles. The number of benzene rings is 2. The maximum absolute atomic E-state index is 13.4. The second kappa shape index (κ2) is 10.3. The minimum Gasteiger partial charge on any atom is -0.508 e. The largest absolute Gasteiger partial charge is 0.508 e. The summed E-state index contributed by atoms with van der Waals surface area (Å²) in [5.41, 5.74) is 4.77. The maximum Gasteiger partial charge on any atom is 0.187 e. The van der Waals surface area contributed by atoms with Crippen LogP contribution >= 0.6 is 0 Å². The van der Waals surface area contributed by atoms with Crippen LogP contribution in [-0.4, -0.2) is 40.0 Å². The van der Waals surface area contributed by atoms with Crippen molar-refractivity contribution in [3.63, 3.8) is 0 Å². The van der Waals surface area contributed by atoms with Crippen LogP contribution in [0.3, 0.4) is 0 Å². The Balaban J connectivity index is 2.00. The molecule has 1 aliphatic heterocycles. The fourth-order valence-electron chi connectivity index (χ4n) is 3.86. The molecule has 4 nitrogen and oxygen atoms in total. The molecular formula is C28H31NO3. The predicted molar refractivity (Wildman–Crippen MR) is 132 cm³/mol. The highest BCUT2D eigenvalue weighted by atomic mass is 16.3. The lowest BCUT2D eigenvalue weighted by atomic mass is 9.92. The molecule has 32 heavy (non-hydrogen) atoms. The van der Waals surface area contributed by atoms with Gasteiger partial charge in [-0.05, 0) is 85.4 Å². The van der Waals surface area contributed by atoms with E-state index < -0.39 is 0 Å². The van der Waals surface area contributed by atoms with Gasteiger partial charge in [-0.2, -0.15) is 0 Å². The van der Waals surface area contributed by atoms with E-state index in [2.05, 4.69) is 31.9 Å². The van der Waals surface area contributed by atoms with Crippen molar-refractivity contribution in [3.05, 3.63) is 95.1 Å². The van der Waals surface area contributed by atoms with Crippen LogP contribution in [0.2, 0.25) is 0 Å². The first-order chi connectivity index (χ1) is 15.3. The number of Topliss-reactive ketones (excluding diaryl/α,β-unsaturated/α-hetero) is 1. The van der Waals surface area contributed by atoms with Gasteiger partial charge in [0, 0.05) is 30.3 Å². The first-order valence-electron chi connectivity index (χ1n) is 10.9. The molecule has 2 N–H and O–H groups in total. The summed E-state index contributed by atoms with van der Waals surface area (Å²) in [6, 6.07) is 11.0. The van der Waals surface area contributed by atoms with Crippen LogP contribution < -0.4 is 0 Å². The van der Waals surface area contributed by atoms with Gasteiger partial charge in [-0.15, -0.1) is 13.2 Å². The summed E-state index contributed by atoms with van der Waals surface area (Å²) in [7, 11) is 0. The Hall–Kier alpha value is -3.37. The van der Waals surface area contributed by atoms with E-state index in [1.807, 2.05) is 36.4 Å². The molecule has 0 spiro atoms. The molecule has 2 aromatic carbocycles. The van der Waals surface area contributed by atoms with E-state index in [0.29, 0.717) is 25.9 Å². The topological polar surface area (TPSA) is 60.8 Å². The zero-order valence-electron chi connectivity index (χ0n) is 18.8. The Morgan fingerprint density at radius 2 is 1.31 bits per heavy atom. The van der Waals surface area contributed by atoms with Gasteiger partial charge >= 0.3 is 0 Å². The minimum atomic E-state index is 0.0265. The van der Waals surface area contributed by atoms with E-state index in [9.17, 15) is 15.0 Å². The van der Waals surface area contributed by atoms with Crippen molar-refractivity contribution in [2.45, 2.75) is 32.7 Å². The number of ketones is 1. The summed E-state index contributed by atoms with van der Waals surface area (Å²) in [5.74, 6) is 0.488. The molecule has 0 unspecified atom stereocenters. The second-order valence-corrected chi connectivity index (χ2v) is 8.43. The number of piperidine rings is 1. The normalized spacial score (nSPS) is 17.3. The first-order valence-corrected chi connectivity index (χ1v) is 10.9. The maximum atomic E-state index is 13.4. The molecule has 0 amide bonds. The molecular weight excluding hydrogens is 398 g/mol. The van der Waals surface area contributed by atoms with Crippen LogP contribution in [0.25, 0.3) is 12.2 Å². The third-order valence-corrected chi connectivity index (χ3v) is 5.68. The van der Waals surface area contributed by atoms with Crippen molar-refractivity contribution < 1.29 is 15.0 Å². The van der Waals surface area contributed by atoms with Gasteiger partial charge in [-0.1, -0.05) is 24.3 Å². The molecule has 0 atom stereocenters. The fourth-order valence-corrected chi connectivity index (χ4v) is 3.86. The third kappa shape index (κ3) is 5.45. The molecule has 0 aliphatic carbocycles. The van der Waals surface area contributed by atoms with Crippen LogP contribution in [0.1, 0.15) is 36.1 Å². The fraction of sp³-hybridized carbons (Fsp3) is 0.250. The monoisotopic (exact) mass is 429 g/mol. The number of aromatic hydroxyl groups is 2. The van der Waals surface area contributed by atoms with Gasteiger partial charge in [0.1, 0.15) is 11.5 Å². The number of nitrogens with zero attached hydrogens (tertiary/aromatic N) is 1. The summed E-state index contributed by atoms with van der Waals surface area (Å²) in [4.78, 5) is 15.6. The molecule has 0 radical (unpaired) electrons. The zero-order chi connectivity index (χ0) is 23.3. The molecule has 1 fully saturated rings. The summed E-state index contributed by atoms with van der Waals surface area (Å²) >= 11 is 0. The minimum absolute atomic E-state index is 0.0265. The van der Waals surface area contributed by atoms with Gasteiger partial charge in [0.2, 0.25) is 0 Å². The lowest BCUT2D eigenvalue weighted by molar-refractivity contribution is -0.113. The SMILES string of the molecule is C=CCc1cc(/C=C2\CN(C(C)C)C/C(=C\c3ccc(O)c(CC=C)c3)C2=O)ccc1O. The van der Waals surface area contributed by atoms with Gasteiger partial charge in [-0.3, -0.25) is 9.69 Å². The zero-order valence-corrected chi connectivity index (χ0v) is 18.8. The first kappa shape index (κ1) is 23.3.